The van der Waals surface area contributed by atoms with Crippen LogP contribution in [0.4, 0.5) is 0 Å². The molecule has 5 heterocycles. The summed E-state index contributed by atoms with van der Waals surface area (Å²) in [4.78, 5) is 5.28. The highest BCUT2D eigenvalue weighted by Crippen LogP contribution is 2.64. The number of fused-ring (bicyclic) bond motifs is 30. The van der Waals surface area contributed by atoms with E-state index < -0.39 is 5.41 Å². The zero-order valence-electron chi connectivity index (χ0n) is 56.9. The molecule has 3 nitrogen and oxygen atoms in total. The fraction of sp³-hybridized carbons (Fsp3) is 0.0495. The maximum Gasteiger partial charge on any atom is 0.0782 e. The van der Waals surface area contributed by atoms with Crippen LogP contribution in [0.5, 0.6) is 0 Å². The van der Waals surface area contributed by atoms with Crippen molar-refractivity contribution < 1.29 is 0 Å². The molecule has 0 atom stereocenters. The van der Waals surface area contributed by atoms with Gasteiger partial charge in [-0.15, -0.1) is 0 Å². The standard InChI is InChI=1S/C49H30N2S.C25H15BrS.C25H17N.2CH4/c1-6-20-38-32(14-1)33-15-2-7-21-39(33)49(38)40-22-8-12-27-46(40)52-47-30-31(28-29-41(47)49)50-42-23-9-5-18-36(42)37-19-13-26-45(48(37)50)51-43-24-10-3-16-34(43)35-17-4-11-25-44(35)51;26-16-13-14-22-24(15-16)27-23-12-6-5-11-21(23)25(22)19-9-3-1-7-17(19)18-8-2-4-10-20(18)25;1-2-9-18-17(8-1)16-22-19(18)12-7-15-25(22)26-23-13-5-3-10-20(23)21-11-4-6-14-24(21)26;;/h1-30H;1-15H;1-15H,16H2;2*1H4. The summed E-state index contributed by atoms with van der Waals surface area (Å²) in [7, 11) is 0. The molecule has 6 heteroatoms. The molecule has 19 aromatic rings. The Bertz CT molecular complexity index is 6690. The molecule has 0 unspecified atom stereocenters. The van der Waals surface area contributed by atoms with Crippen molar-refractivity contribution >= 4 is 105 Å². The summed E-state index contributed by atoms with van der Waals surface area (Å²) in [5, 5.41) is 7.67. The second-order valence-electron chi connectivity index (χ2n) is 28.1. The number of rotatable bonds is 3. The molecule has 508 valence electrons. The van der Waals surface area contributed by atoms with E-state index in [9.17, 15) is 0 Å². The molecule has 24 rings (SSSR count). The first-order valence-corrected chi connectivity index (χ1v) is 38.5. The van der Waals surface area contributed by atoms with Crippen molar-refractivity contribution in [2.24, 2.45) is 0 Å². The van der Waals surface area contributed by atoms with Gasteiger partial charge in [-0.1, -0.05) is 339 Å². The molecule has 0 fully saturated rings. The summed E-state index contributed by atoms with van der Waals surface area (Å²) in [5.41, 5.74) is 32.4. The van der Waals surface area contributed by atoms with Crippen LogP contribution in [0.3, 0.4) is 0 Å². The summed E-state index contributed by atoms with van der Waals surface area (Å²) in [6.45, 7) is 0. The Kier molecular flexibility index (Phi) is 15.2. The predicted molar refractivity (Wildman–Crippen MR) is 455 cm³/mol. The van der Waals surface area contributed by atoms with E-state index in [2.05, 4.69) is 394 Å². The Balaban J connectivity index is 0.000000116. The van der Waals surface area contributed by atoms with Gasteiger partial charge in [-0.05, 0) is 168 Å². The average Bonchev–Trinajstić information content (AvgIpc) is 1.56. The number of hydrogen-bond donors (Lipinski definition) is 0. The highest BCUT2D eigenvalue weighted by Gasteiger charge is 2.52. The quantitative estimate of drug-likeness (QED) is 0.175. The second-order valence-corrected chi connectivity index (χ2v) is 31.2. The largest absolute Gasteiger partial charge is 0.309 e. The van der Waals surface area contributed by atoms with Crippen molar-refractivity contribution in [2.45, 2.75) is 51.7 Å². The Morgan fingerprint density at radius 2 is 0.589 bits per heavy atom. The fourth-order valence-corrected chi connectivity index (χ4v) is 22.0. The van der Waals surface area contributed by atoms with Crippen LogP contribution in [-0.2, 0) is 17.3 Å². The fourth-order valence-electron chi connectivity index (χ4n) is 19.0. The molecule has 0 N–H and O–H groups in total. The van der Waals surface area contributed by atoms with E-state index in [1.807, 2.05) is 23.5 Å². The van der Waals surface area contributed by atoms with Gasteiger partial charge in [-0.3, -0.25) is 0 Å². The third kappa shape index (κ3) is 9.23. The minimum atomic E-state index is -0.391. The number of halogens is 1. The Labute approximate surface area is 639 Å². The van der Waals surface area contributed by atoms with Crippen molar-refractivity contribution in [3.63, 3.8) is 0 Å². The first-order valence-electron chi connectivity index (χ1n) is 36.1. The molecule has 16 aromatic carbocycles. The molecular formula is C101H70BrN3S2. The van der Waals surface area contributed by atoms with E-state index in [4.69, 9.17) is 0 Å². The molecule has 3 aromatic heterocycles. The number of hydrogen-bond acceptors (Lipinski definition) is 2. The van der Waals surface area contributed by atoms with Crippen LogP contribution in [0.25, 0.3) is 116 Å². The molecular weight excluding hydrogens is 1400 g/mol. The summed E-state index contributed by atoms with van der Waals surface area (Å²) in [5.74, 6) is 0. The molecule has 3 aliphatic carbocycles. The average molecular weight is 1470 g/mol. The van der Waals surface area contributed by atoms with Crippen molar-refractivity contribution in [2.75, 3.05) is 0 Å². The zero-order chi connectivity index (χ0) is 69.1. The summed E-state index contributed by atoms with van der Waals surface area (Å²) in [6, 6.07) is 134. The van der Waals surface area contributed by atoms with Gasteiger partial charge in [0, 0.05) is 68.5 Å². The van der Waals surface area contributed by atoms with E-state index in [1.165, 1.54) is 191 Å². The summed E-state index contributed by atoms with van der Waals surface area (Å²) < 4.78 is 8.54. The lowest BCUT2D eigenvalue weighted by Gasteiger charge is -2.39. The Morgan fingerprint density at radius 1 is 0.252 bits per heavy atom. The molecule has 0 amide bonds. The van der Waals surface area contributed by atoms with Crippen LogP contribution >= 0.6 is 39.5 Å². The van der Waals surface area contributed by atoms with Crippen LogP contribution in [0, 0.1) is 0 Å². The van der Waals surface area contributed by atoms with E-state index >= 15 is 0 Å². The molecule has 0 saturated carbocycles. The van der Waals surface area contributed by atoms with Gasteiger partial charge in [0.15, 0.2) is 0 Å². The minimum absolute atomic E-state index is 0. The molecule has 2 aliphatic heterocycles. The second kappa shape index (κ2) is 25.1. The maximum absolute atomic E-state index is 3.68. The van der Waals surface area contributed by atoms with Gasteiger partial charge in [-0.25, -0.2) is 0 Å². The van der Waals surface area contributed by atoms with E-state index in [0.29, 0.717) is 0 Å². The van der Waals surface area contributed by atoms with E-state index in [-0.39, 0.29) is 20.3 Å². The lowest BCUT2D eigenvalue weighted by Crippen LogP contribution is -2.32. The van der Waals surface area contributed by atoms with Crippen molar-refractivity contribution in [3.8, 4) is 50.4 Å². The third-order valence-electron chi connectivity index (χ3n) is 23.0. The molecule has 107 heavy (non-hydrogen) atoms. The van der Waals surface area contributed by atoms with Gasteiger partial charge < -0.3 is 13.7 Å². The number of nitrogens with zero attached hydrogens (tertiary/aromatic N) is 3. The van der Waals surface area contributed by atoms with Gasteiger partial charge in [-0.2, -0.15) is 0 Å². The van der Waals surface area contributed by atoms with Crippen molar-refractivity contribution in [1.29, 1.82) is 0 Å². The molecule has 5 aliphatic rings. The highest BCUT2D eigenvalue weighted by atomic mass is 79.9. The Hall–Kier alpha value is -11.9. The third-order valence-corrected chi connectivity index (χ3v) is 25.8. The maximum atomic E-state index is 3.68. The van der Waals surface area contributed by atoms with Gasteiger partial charge in [0.05, 0.1) is 55.3 Å². The van der Waals surface area contributed by atoms with Gasteiger partial charge in [0.2, 0.25) is 0 Å². The smallest absolute Gasteiger partial charge is 0.0782 e. The van der Waals surface area contributed by atoms with Crippen LogP contribution < -0.4 is 0 Å². The van der Waals surface area contributed by atoms with E-state index in [1.54, 1.807) is 0 Å². The topological polar surface area (TPSA) is 14.8 Å². The number of benzene rings is 16. The monoisotopic (exact) mass is 1470 g/mol. The number of para-hydroxylation sites is 6. The van der Waals surface area contributed by atoms with Crippen LogP contribution in [0.1, 0.15) is 70.5 Å². The molecule has 0 radical (unpaired) electrons. The lowest BCUT2D eigenvalue weighted by molar-refractivity contribution is 0.721. The van der Waals surface area contributed by atoms with Crippen LogP contribution in [-0.4, -0.2) is 13.7 Å². The number of aromatic nitrogens is 3. The lowest BCUT2D eigenvalue weighted by atomic mass is 9.67. The first-order chi connectivity index (χ1) is 52.0. The summed E-state index contributed by atoms with van der Waals surface area (Å²) in [6.07, 6.45) is 1.00. The zero-order valence-corrected chi connectivity index (χ0v) is 60.1. The highest BCUT2D eigenvalue weighted by molar-refractivity contribution is 9.10. The van der Waals surface area contributed by atoms with Crippen LogP contribution in [0.15, 0.2) is 388 Å². The predicted octanol–water partition coefficient (Wildman–Crippen LogP) is 27.6. The Morgan fingerprint density at radius 3 is 1.08 bits per heavy atom. The SMILES string of the molecule is Brc1ccc2c(c1)Sc1ccccc1C21c2ccccc2-c2ccccc21.C.C.c1ccc2c(c1)Cc1c-2cccc1-n1c2ccccc2c2ccccc21.c1ccc2c(c1)Sc1cc(-n3c4ccccc4c4cccc(-n5c6ccccc6c6ccccc65)c43)ccc1C21c2ccccc2-c2ccccc21. The van der Waals surface area contributed by atoms with Crippen LogP contribution in [0.2, 0.25) is 0 Å². The van der Waals surface area contributed by atoms with Gasteiger partial charge >= 0.3 is 0 Å². The molecule has 0 saturated heterocycles. The van der Waals surface area contributed by atoms with Gasteiger partial charge in [0.1, 0.15) is 0 Å². The van der Waals surface area contributed by atoms with Crippen molar-refractivity contribution in [3.05, 3.63) is 424 Å². The minimum Gasteiger partial charge on any atom is -0.309 e. The van der Waals surface area contributed by atoms with Gasteiger partial charge in [0.25, 0.3) is 0 Å². The first kappa shape index (κ1) is 64.7. The molecule has 2 spiro atoms. The van der Waals surface area contributed by atoms with Crippen molar-refractivity contribution in [1.82, 2.24) is 13.7 Å². The normalized spacial score (nSPS) is 13.5. The van der Waals surface area contributed by atoms with E-state index in [0.717, 1.165) is 10.9 Å². The molecule has 0 bridgehead atoms. The summed E-state index contributed by atoms with van der Waals surface area (Å²) >= 11 is 7.46.